The zero-order valence-electron chi connectivity index (χ0n) is 8.58. The van der Waals surface area contributed by atoms with Crippen LogP contribution in [-0.4, -0.2) is 32.1 Å². The Kier molecular flexibility index (Phi) is 5.07. The van der Waals surface area contributed by atoms with Gasteiger partial charge in [-0.15, -0.1) is 0 Å². The summed E-state index contributed by atoms with van der Waals surface area (Å²) in [4.78, 5) is 10.9. The third kappa shape index (κ3) is 4.28. The summed E-state index contributed by atoms with van der Waals surface area (Å²) >= 11 is 0. The van der Waals surface area contributed by atoms with Gasteiger partial charge in [-0.3, -0.25) is 4.79 Å². The molecule has 4 heteroatoms. The molecule has 2 N–H and O–H groups in total. The van der Waals surface area contributed by atoms with E-state index in [0.29, 0.717) is 13.0 Å². The first-order chi connectivity index (χ1) is 6.83. The minimum absolute atomic E-state index is 0.0713. The van der Waals surface area contributed by atoms with E-state index < -0.39 is 0 Å². The van der Waals surface area contributed by atoms with Crippen LogP contribution in [-0.2, 0) is 9.53 Å². The normalized spacial score (nSPS) is 20.2. The Hall–Kier alpha value is -1.03. The summed E-state index contributed by atoms with van der Waals surface area (Å²) in [5.41, 5.74) is 0. The van der Waals surface area contributed by atoms with E-state index in [4.69, 9.17) is 4.74 Å². The van der Waals surface area contributed by atoms with Crippen LogP contribution in [0.1, 0.15) is 19.3 Å². The van der Waals surface area contributed by atoms with Gasteiger partial charge in [0, 0.05) is 26.6 Å². The number of hydrogen-bond donors (Lipinski definition) is 2. The topological polar surface area (TPSA) is 50.4 Å². The fourth-order valence-electron chi connectivity index (χ4n) is 1.33. The van der Waals surface area contributed by atoms with Crippen molar-refractivity contribution >= 4 is 5.91 Å². The highest BCUT2D eigenvalue weighted by molar-refractivity contribution is 5.75. The lowest BCUT2D eigenvalue weighted by molar-refractivity contribution is -0.120. The smallest absolute Gasteiger partial charge is 0.221 e. The molecule has 1 rings (SSSR count). The first kappa shape index (κ1) is 11.0. The van der Waals surface area contributed by atoms with Crippen LogP contribution < -0.4 is 10.6 Å². The van der Waals surface area contributed by atoms with Crippen molar-refractivity contribution in [1.29, 1.82) is 0 Å². The van der Waals surface area contributed by atoms with Gasteiger partial charge >= 0.3 is 0 Å². The molecule has 80 valence electrons. The molecule has 0 aromatic rings. The maximum Gasteiger partial charge on any atom is 0.221 e. The first-order valence-electron chi connectivity index (χ1n) is 5.04. The molecule has 0 radical (unpaired) electrons. The molecule has 0 saturated heterocycles. The van der Waals surface area contributed by atoms with E-state index >= 15 is 0 Å². The lowest BCUT2D eigenvalue weighted by Gasteiger charge is -2.19. The van der Waals surface area contributed by atoms with E-state index in [1.165, 1.54) is 0 Å². The second-order valence-electron chi connectivity index (χ2n) is 3.33. The Morgan fingerprint density at radius 1 is 1.64 bits per heavy atom. The van der Waals surface area contributed by atoms with Crippen molar-refractivity contribution in [3.05, 3.63) is 12.3 Å². The largest absolute Gasteiger partial charge is 0.497 e. The van der Waals surface area contributed by atoms with Crippen molar-refractivity contribution in [2.75, 3.05) is 20.1 Å². The number of ether oxygens (including phenoxy) is 1. The third-order valence-electron chi connectivity index (χ3n) is 2.20. The van der Waals surface area contributed by atoms with Crippen LogP contribution in [0, 0.1) is 0 Å². The van der Waals surface area contributed by atoms with Crippen molar-refractivity contribution < 1.29 is 9.53 Å². The van der Waals surface area contributed by atoms with E-state index in [9.17, 15) is 4.79 Å². The first-order valence-corrected chi connectivity index (χ1v) is 5.04. The average molecular weight is 198 g/mol. The van der Waals surface area contributed by atoms with E-state index in [0.717, 1.165) is 19.4 Å². The van der Waals surface area contributed by atoms with Gasteiger partial charge in [0.05, 0.1) is 6.26 Å². The molecule has 1 atom stereocenters. The van der Waals surface area contributed by atoms with E-state index in [-0.39, 0.29) is 12.0 Å². The van der Waals surface area contributed by atoms with Gasteiger partial charge < -0.3 is 15.4 Å². The van der Waals surface area contributed by atoms with Crippen LogP contribution in [0.2, 0.25) is 0 Å². The number of carbonyl (C=O) groups excluding carboxylic acids is 1. The predicted octanol–water partition coefficient (Wildman–Crippen LogP) is 0.405. The van der Waals surface area contributed by atoms with E-state index in [1.54, 1.807) is 13.3 Å². The zero-order valence-corrected chi connectivity index (χ0v) is 8.58. The van der Waals surface area contributed by atoms with Crippen LogP contribution in [0.5, 0.6) is 0 Å². The zero-order chi connectivity index (χ0) is 10.2. The molecule has 0 aromatic carbocycles. The monoisotopic (exact) mass is 198 g/mol. The van der Waals surface area contributed by atoms with Gasteiger partial charge in [-0.25, -0.2) is 0 Å². The molecule has 1 aliphatic heterocycles. The Bertz CT molecular complexity index is 204. The Morgan fingerprint density at radius 2 is 2.50 bits per heavy atom. The van der Waals surface area contributed by atoms with E-state index in [2.05, 4.69) is 10.6 Å². The van der Waals surface area contributed by atoms with Gasteiger partial charge in [-0.2, -0.15) is 0 Å². The van der Waals surface area contributed by atoms with Crippen LogP contribution in [0.15, 0.2) is 12.3 Å². The number of nitrogens with one attached hydrogen (secondary N) is 2. The van der Waals surface area contributed by atoms with Crippen LogP contribution >= 0.6 is 0 Å². The molecule has 0 fully saturated rings. The van der Waals surface area contributed by atoms with Gasteiger partial charge in [-0.1, -0.05) is 0 Å². The second kappa shape index (κ2) is 6.43. The molecule has 1 aliphatic rings. The number of hydrogen-bond acceptors (Lipinski definition) is 3. The Morgan fingerprint density at radius 3 is 3.14 bits per heavy atom. The van der Waals surface area contributed by atoms with Crippen molar-refractivity contribution in [3.63, 3.8) is 0 Å². The van der Waals surface area contributed by atoms with Gasteiger partial charge in [0.25, 0.3) is 0 Å². The van der Waals surface area contributed by atoms with Crippen molar-refractivity contribution in [3.8, 4) is 0 Å². The molecule has 4 nitrogen and oxygen atoms in total. The van der Waals surface area contributed by atoms with Crippen LogP contribution in [0.4, 0.5) is 0 Å². The number of amides is 1. The molecule has 0 aromatic heterocycles. The standard InChI is InChI=1S/C10H18N2O2/c1-11-10(13)5-6-12-8-9-4-2-3-7-14-9/h3,7,9,12H,2,4-6,8H2,1H3,(H,11,13). The quantitative estimate of drug-likeness (QED) is 0.629. The summed E-state index contributed by atoms with van der Waals surface area (Å²) in [5.74, 6) is 0.0713. The maximum atomic E-state index is 10.9. The molecule has 14 heavy (non-hydrogen) atoms. The minimum Gasteiger partial charge on any atom is -0.497 e. The minimum atomic E-state index is 0.0713. The molecule has 0 aliphatic carbocycles. The molecule has 0 saturated carbocycles. The lowest BCUT2D eigenvalue weighted by Crippen LogP contribution is -2.32. The summed E-state index contributed by atoms with van der Waals surface area (Å²) in [7, 11) is 1.65. The van der Waals surface area contributed by atoms with Gasteiger partial charge in [-0.05, 0) is 18.9 Å². The molecule has 1 unspecified atom stereocenters. The van der Waals surface area contributed by atoms with Crippen molar-refractivity contribution in [2.45, 2.75) is 25.4 Å². The fraction of sp³-hybridized carbons (Fsp3) is 0.700. The van der Waals surface area contributed by atoms with Crippen LogP contribution in [0.25, 0.3) is 0 Å². The summed E-state index contributed by atoms with van der Waals surface area (Å²) in [6.45, 7) is 1.53. The van der Waals surface area contributed by atoms with Crippen LogP contribution in [0.3, 0.4) is 0 Å². The molecule has 1 amide bonds. The fourth-order valence-corrected chi connectivity index (χ4v) is 1.33. The molecular weight excluding hydrogens is 180 g/mol. The molecule has 0 bridgehead atoms. The van der Waals surface area contributed by atoms with Gasteiger partial charge in [0.1, 0.15) is 6.10 Å². The molecule has 0 spiro atoms. The average Bonchev–Trinajstić information content (AvgIpc) is 2.25. The lowest BCUT2D eigenvalue weighted by atomic mass is 10.1. The van der Waals surface area contributed by atoms with Crippen molar-refractivity contribution in [2.24, 2.45) is 0 Å². The van der Waals surface area contributed by atoms with Crippen molar-refractivity contribution in [1.82, 2.24) is 10.6 Å². The number of rotatable bonds is 5. The summed E-state index contributed by atoms with van der Waals surface area (Å²) in [6.07, 6.45) is 6.73. The Balaban J connectivity index is 1.98. The SMILES string of the molecule is CNC(=O)CCNCC1CCC=CO1. The predicted molar refractivity (Wildman–Crippen MR) is 54.8 cm³/mol. The highest BCUT2D eigenvalue weighted by Crippen LogP contribution is 2.08. The highest BCUT2D eigenvalue weighted by atomic mass is 16.5. The summed E-state index contributed by atoms with van der Waals surface area (Å²) in [5, 5.41) is 5.78. The van der Waals surface area contributed by atoms with Gasteiger partial charge in [0.15, 0.2) is 0 Å². The number of allylic oxidation sites excluding steroid dienone is 1. The second-order valence-corrected chi connectivity index (χ2v) is 3.33. The van der Waals surface area contributed by atoms with E-state index in [1.807, 2.05) is 6.08 Å². The highest BCUT2D eigenvalue weighted by Gasteiger charge is 2.09. The maximum absolute atomic E-state index is 10.9. The third-order valence-corrected chi connectivity index (χ3v) is 2.20. The molecular formula is C10H18N2O2. The Labute approximate surface area is 84.7 Å². The van der Waals surface area contributed by atoms with Gasteiger partial charge in [0.2, 0.25) is 5.91 Å². The summed E-state index contributed by atoms with van der Waals surface area (Å²) in [6, 6.07) is 0. The summed E-state index contributed by atoms with van der Waals surface area (Å²) < 4.78 is 5.37. The number of carbonyl (C=O) groups is 1. The molecule has 1 heterocycles.